The van der Waals surface area contributed by atoms with Crippen molar-refractivity contribution in [2.24, 2.45) is 5.73 Å². The van der Waals surface area contributed by atoms with Gasteiger partial charge in [0.2, 0.25) is 5.91 Å². The third-order valence-electron chi connectivity index (χ3n) is 2.49. The number of amides is 1. The summed E-state index contributed by atoms with van der Waals surface area (Å²) in [4.78, 5) is 13.2. The number of nitrogens with one attached hydrogen (secondary N) is 1. The van der Waals surface area contributed by atoms with E-state index in [1.807, 2.05) is 12.1 Å². The lowest BCUT2D eigenvalue weighted by Gasteiger charge is -2.20. The molecule has 0 saturated carbocycles. The number of carbonyl (C=O) groups excluding carboxylic acids is 1. The highest BCUT2D eigenvalue weighted by molar-refractivity contribution is 9.10. The lowest BCUT2D eigenvalue weighted by Crippen LogP contribution is -2.35. The van der Waals surface area contributed by atoms with E-state index in [9.17, 15) is 4.79 Å². The van der Waals surface area contributed by atoms with E-state index in [1.54, 1.807) is 25.1 Å². The maximum absolute atomic E-state index is 11.6. The molecule has 0 radical (unpaired) electrons. The van der Waals surface area contributed by atoms with E-state index in [0.29, 0.717) is 18.0 Å². The number of carbonyl (C=O) groups is 1. The summed E-state index contributed by atoms with van der Waals surface area (Å²) in [6.45, 7) is 0.382. The first-order chi connectivity index (χ1) is 8.43. The summed E-state index contributed by atoms with van der Waals surface area (Å²) in [7, 11) is 3.46. The van der Waals surface area contributed by atoms with Crippen molar-refractivity contribution in [1.29, 1.82) is 0 Å². The number of anilines is 1. The summed E-state index contributed by atoms with van der Waals surface area (Å²) in [5, 5.41) is 3.82. The first-order valence-corrected chi connectivity index (χ1v) is 6.73. The van der Waals surface area contributed by atoms with Crippen LogP contribution in [0.1, 0.15) is 6.42 Å². The molecule has 1 unspecified atom stereocenters. The van der Waals surface area contributed by atoms with Gasteiger partial charge in [0, 0.05) is 43.3 Å². The molecule has 0 fully saturated rings. The second-order valence-electron chi connectivity index (χ2n) is 4.20. The Balaban J connectivity index is 2.68. The molecule has 0 saturated heterocycles. The fourth-order valence-corrected chi connectivity index (χ4v) is 1.84. The van der Waals surface area contributed by atoms with Gasteiger partial charge in [-0.05, 0) is 34.1 Å². The van der Waals surface area contributed by atoms with E-state index < -0.39 is 0 Å². The van der Waals surface area contributed by atoms with Crippen molar-refractivity contribution in [3.05, 3.63) is 27.7 Å². The lowest BCUT2D eigenvalue weighted by molar-refractivity contribution is -0.128. The van der Waals surface area contributed by atoms with Crippen LogP contribution in [0.15, 0.2) is 22.7 Å². The Morgan fingerprint density at radius 2 is 2.22 bits per heavy atom. The van der Waals surface area contributed by atoms with E-state index >= 15 is 0 Å². The Morgan fingerprint density at radius 1 is 1.56 bits per heavy atom. The van der Waals surface area contributed by atoms with Gasteiger partial charge in [0.15, 0.2) is 0 Å². The van der Waals surface area contributed by atoms with E-state index in [0.717, 1.165) is 10.2 Å². The number of hydrogen-bond donors (Lipinski definition) is 2. The van der Waals surface area contributed by atoms with Crippen molar-refractivity contribution in [2.75, 3.05) is 26.0 Å². The molecule has 0 bridgehead atoms. The molecule has 4 nitrogen and oxygen atoms in total. The van der Waals surface area contributed by atoms with E-state index in [2.05, 4.69) is 21.2 Å². The van der Waals surface area contributed by atoms with Crippen molar-refractivity contribution < 1.29 is 4.79 Å². The zero-order chi connectivity index (χ0) is 13.7. The fraction of sp³-hybridized carbons (Fsp3) is 0.417. The van der Waals surface area contributed by atoms with Gasteiger partial charge in [-0.15, -0.1) is 0 Å². The van der Waals surface area contributed by atoms with Crippen molar-refractivity contribution in [2.45, 2.75) is 12.5 Å². The van der Waals surface area contributed by atoms with Crippen molar-refractivity contribution in [3.8, 4) is 0 Å². The average molecular weight is 335 g/mol. The van der Waals surface area contributed by atoms with Gasteiger partial charge in [0.25, 0.3) is 0 Å². The minimum absolute atomic E-state index is 0.0427. The summed E-state index contributed by atoms with van der Waals surface area (Å²) in [6, 6.07) is 5.44. The maximum atomic E-state index is 11.6. The number of hydrogen-bond acceptors (Lipinski definition) is 3. The molecule has 18 heavy (non-hydrogen) atoms. The maximum Gasteiger partial charge on any atom is 0.224 e. The second kappa shape index (κ2) is 6.97. The van der Waals surface area contributed by atoms with Crippen molar-refractivity contribution in [1.82, 2.24) is 4.90 Å². The van der Waals surface area contributed by atoms with Crippen LogP contribution < -0.4 is 11.1 Å². The van der Waals surface area contributed by atoms with Gasteiger partial charge in [-0.25, -0.2) is 0 Å². The summed E-state index contributed by atoms with van der Waals surface area (Å²) < 4.78 is 0.836. The molecule has 6 heteroatoms. The zero-order valence-electron chi connectivity index (χ0n) is 10.4. The number of halogens is 2. The highest BCUT2D eigenvalue weighted by Crippen LogP contribution is 2.25. The van der Waals surface area contributed by atoms with Crippen molar-refractivity contribution in [3.63, 3.8) is 0 Å². The molecule has 100 valence electrons. The minimum atomic E-state index is -0.0999. The highest BCUT2D eigenvalue weighted by Gasteiger charge is 2.14. The molecule has 1 aromatic rings. The molecule has 1 aromatic carbocycles. The molecule has 0 spiro atoms. The second-order valence-corrected chi connectivity index (χ2v) is 5.46. The topological polar surface area (TPSA) is 58.4 Å². The average Bonchev–Trinajstić information content (AvgIpc) is 2.32. The van der Waals surface area contributed by atoms with Crippen LogP contribution in [0.4, 0.5) is 5.69 Å². The first-order valence-electron chi connectivity index (χ1n) is 5.56. The summed E-state index contributed by atoms with van der Waals surface area (Å²) in [6.07, 6.45) is 0.358. The number of rotatable bonds is 5. The van der Waals surface area contributed by atoms with E-state index in [-0.39, 0.29) is 11.9 Å². The molecular weight excluding hydrogens is 318 g/mol. The smallest absolute Gasteiger partial charge is 0.224 e. The number of nitrogens with zero attached hydrogens (tertiary/aromatic N) is 1. The summed E-state index contributed by atoms with van der Waals surface area (Å²) in [5.41, 5.74) is 6.51. The quantitative estimate of drug-likeness (QED) is 0.869. The molecule has 1 amide bonds. The van der Waals surface area contributed by atoms with Gasteiger partial charge < -0.3 is 16.0 Å². The van der Waals surface area contributed by atoms with Crippen LogP contribution in [-0.2, 0) is 4.79 Å². The van der Waals surface area contributed by atoms with Crippen molar-refractivity contribution >= 4 is 39.1 Å². The molecule has 0 heterocycles. The zero-order valence-corrected chi connectivity index (χ0v) is 12.8. The Hall–Kier alpha value is -0.780. The normalized spacial score (nSPS) is 12.1. The Morgan fingerprint density at radius 3 is 2.72 bits per heavy atom. The molecule has 3 N–H and O–H groups in total. The predicted molar refractivity (Wildman–Crippen MR) is 78.9 cm³/mol. The lowest BCUT2D eigenvalue weighted by atomic mass is 10.1. The predicted octanol–water partition coefficient (Wildman–Crippen LogP) is 2.32. The van der Waals surface area contributed by atoms with Crippen LogP contribution in [0.5, 0.6) is 0 Å². The number of nitrogens with two attached hydrogens (primary N) is 1. The van der Waals surface area contributed by atoms with Crippen LogP contribution in [-0.4, -0.2) is 37.5 Å². The Bertz CT molecular complexity index is 426. The minimum Gasteiger partial charge on any atom is -0.380 e. The van der Waals surface area contributed by atoms with E-state index in [4.69, 9.17) is 17.3 Å². The SMILES string of the molecule is CN(C)C(=O)CC(CN)Nc1ccc(Br)c(Cl)c1. The van der Waals surface area contributed by atoms with Gasteiger partial charge in [-0.2, -0.15) is 0 Å². The largest absolute Gasteiger partial charge is 0.380 e. The molecule has 1 atom stereocenters. The molecule has 1 rings (SSSR count). The first kappa shape index (κ1) is 15.3. The number of benzene rings is 1. The van der Waals surface area contributed by atoms with Gasteiger partial charge in [0.1, 0.15) is 0 Å². The van der Waals surface area contributed by atoms with Crippen LogP contribution >= 0.6 is 27.5 Å². The van der Waals surface area contributed by atoms with Crippen LogP contribution in [0.2, 0.25) is 5.02 Å². The Kier molecular flexibility index (Phi) is 5.91. The monoisotopic (exact) mass is 333 g/mol. The molecular formula is C12H17BrClN3O. The van der Waals surface area contributed by atoms with Gasteiger partial charge >= 0.3 is 0 Å². The Labute approximate surface area is 121 Å². The van der Waals surface area contributed by atoms with Crippen LogP contribution in [0.25, 0.3) is 0 Å². The highest BCUT2D eigenvalue weighted by atomic mass is 79.9. The summed E-state index contributed by atoms with van der Waals surface area (Å²) >= 11 is 9.33. The van der Waals surface area contributed by atoms with Gasteiger partial charge in [-0.1, -0.05) is 11.6 Å². The van der Waals surface area contributed by atoms with Crippen LogP contribution in [0.3, 0.4) is 0 Å². The fourth-order valence-electron chi connectivity index (χ4n) is 1.41. The van der Waals surface area contributed by atoms with Gasteiger partial charge in [0.05, 0.1) is 5.02 Å². The molecule has 0 aliphatic rings. The van der Waals surface area contributed by atoms with E-state index in [1.165, 1.54) is 0 Å². The standard InChI is InChI=1S/C12H17BrClN3O/c1-17(2)12(18)6-9(7-15)16-8-3-4-10(13)11(14)5-8/h3-5,9,16H,6-7,15H2,1-2H3. The summed E-state index contributed by atoms with van der Waals surface area (Å²) in [5.74, 6) is 0.0427. The molecule has 0 aliphatic heterocycles. The molecule has 0 aromatic heterocycles. The van der Waals surface area contributed by atoms with Gasteiger partial charge in [-0.3, -0.25) is 4.79 Å². The van der Waals surface area contributed by atoms with Crippen LogP contribution in [0, 0.1) is 0 Å². The third-order valence-corrected chi connectivity index (χ3v) is 3.73. The third kappa shape index (κ3) is 4.48. The molecule has 0 aliphatic carbocycles.